The van der Waals surface area contributed by atoms with Gasteiger partial charge in [0.05, 0.1) is 28.5 Å². The number of β-amino-alcohol motifs (C(OH)–C–C–N with tert-alkyl or cyclic N) is 1. The highest BCUT2D eigenvalue weighted by atomic mass is 127. The number of carbonyl (C=O) groups excluding carboxylic acids is 1. The predicted octanol–water partition coefficient (Wildman–Crippen LogP) is 0.336. The first-order valence-corrected chi connectivity index (χ1v) is 7.23. The van der Waals surface area contributed by atoms with Crippen LogP contribution in [0.1, 0.15) is 6.42 Å². The molecule has 7 nitrogen and oxygen atoms in total. The number of aliphatic hydroxyl groups is 2. The quantitative estimate of drug-likeness (QED) is 0.642. The normalized spacial score (nSPS) is 21.9. The van der Waals surface area contributed by atoms with Crippen molar-refractivity contribution in [3.63, 3.8) is 0 Å². The summed E-state index contributed by atoms with van der Waals surface area (Å²) in [5.74, 6) is 1.02. The third-order valence-electron chi connectivity index (χ3n) is 3.11. The second-order valence-corrected chi connectivity index (χ2v) is 5.65. The lowest BCUT2D eigenvalue weighted by molar-refractivity contribution is 0.184. The molecule has 0 saturated carbocycles. The number of hydrogen-bond donors (Lipinski definition) is 3. The molecule has 1 aliphatic heterocycles. The summed E-state index contributed by atoms with van der Waals surface area (Å²) in [4.78, 5) is 17.3. The SMILES string of the molecule is CNC(=O)Oc1cnc(N2C[C@H](O)C[C@H]2CO)cc1I. The Hall–Kier alpha value is -1.13. The Kier molecular flexibility index (Phi) is 5.00. The van der Waals surface area contributed by atoms with E-state index in [0.717, 1.165) is 3.57 Å². The van der Waals surface area contributed by atoms with E-state index in [4.69, 9.17) is 4.74 Å². The van der Waals surface area contributed by atoms with Gasteiger partial charge in [-0.3, -0.25) is 0 Å². The standard InChI is InChI=1S/C12H16IN3O4/c1-14-12(19)20-10-4-15-11(3-9(10)13)16-5-8(18)2-7(16)6-17/h3-4,7-8,17-18H,2,5-6H2,1H3,(H,14,19)/t7-,8+/m0/s1. The molecule has 20 heavy (non-hydrogen) atoms. The van der Waals surface area contributed by atoms with Crippen molar-refractivity contribution in [2.24, 2.45) is 0 Å². The first-order valence-electron chi connectivity index (χ1n) is 6.15. The van der Waals surface area contributed by atoms with Crippen molar-refractivity contribution in [2.75, 3.05) is 25.1 Å². The number of hydrogen-bond acceptors (Lipinski definition) is 6. The number of aromatic nitrogens is 1. The van der Waals surface area contributed by atoms with E-state index >= 15 is 0 Å². The smallest absolute Gasteiger partial charge is 0.408 e. The van der Waals surface area contributed by atoms with E-state index in [1.54, 1.807) is 6.07 Å². The van der Waals surface area contributed by atoms with E-state index in [-0.39, 0.29) is 12.6 Å². The first-order chi connectivity index (χ1) is 9.55. The van der Waals surface area contributed by atoms with Crippen LogP contribution in [0.2, 0.25) is 0 Å². The molecule has 1 fully saturated rings. The van der Waals surface area contributed by atoms with Crippen molar-refractivity contribution in [2.45, 2.75) is 18.6 Å². The van der Waals surface area contributed by atoms with Crippen LogP contribution in [0, 0.1) is 3.57 Å². The van der Waals surface area contributed by atoms with Gasteiger partial charge in [0.25, 0.3) is 0 Å². The summed E-state index contributed by atoms with van der Waals surface area (Å²) in [7, 11) is 1.48. The van der Waals surface area contributed by atoms with Crippen LogP contribution in [0.25, 0.3) is 0 Å². The number of ether oxygens (including phenoxy) is 1. The number of halogens is 1. The average Bonchev–Trinajstić information content (AvgIpc) is 2.82. The van der Waals surface area contributed by atoms with Crippen LogP contribution >= 0.6 is 22.6 Å². The highest BCUT2D eigenvalue weighted by molar-refractivity contribution is 14.1. The fraction of sp³-hybridized carbons (Fsp3) is 0.500. The monoisotopic (exact) mass is 393 g/mol. The molecule has 0 radical (unpaired) electrons. The minimum Gasteiger partial charge on any atom is -0.408 e. The zero-order chi connectivity index (χ0) is 14.7. The molecule has 1 aliphatic rings. The lowest BCUT2D eigenvalue weighted by Gasteiger charge is -2.24. The molecule has 2 atom stereocenters. The topological polar surface area (TPSA) is 94.9 Å². The lowest BCUT2D eigenvalue weighted by atomic mass is 10.2. The first kappa shape index (κ1) is 15.3. The second-order valence-electron chi connectivity index (χ2n) is 4.49. The van der Waals surface area contributed by atoms with Crippen molar-refractivity contribution >= 4 is 34.5 Å². The van der Waals surface area contributed by atoms with Crippen LogP contribution in [-0.4, -0.2) is 53.6 Å². The highest BCUT2D eigenvalue weighted by Crippen LogP contribution is 2.28. The summed E-state index contributed by atoms with van der Waals surface area (Å²) in [6.07, 6.45) is 0.965. The van der Waals surface area contributed by atoms with Crippen LogP contribution in [0.3, 0.4) is 0 Å². The number of aliphatic hydroxyl groups excluding tert-OH is 2. The van der Waals surface area contributed by atoms with Crippen LogP contribution in [-0.2, 0) is 0 Å². The van der Waals surface area contributed by atoms with E-state index < -0.39 is 12.2 Å². The molecular formula is C12H16IN3O4. The van der Waals surface area contributed by atoms with Crippen molar-refractivity contribution in [3.8, 4) is 5.75 Å². The summed E-state index contributed by atoms with van der Waals surface area (Å²) in [5, 5.41) is 21.4. The molecule has 2 rings (SSSR count). The van der Waals surface area contributed by atoms with Crippen molar-refractivity contribution in [1.29, 1.82) is 0 Å². The van der Waals surface area contributed by atoms with Gasteiger partial charge in [0.2, 0.25) is 0 Å². The molecule has 1 aromatic rings. The zero-order valence-corrected chi connectivity index (χ0v) is 13.1. The molecule has 0 aromatic carbocycles. The maximum absolute atomic E-state index is 11.2. The van der Waals surface area contributed by atoms with Gasteiger partial charge in [-0.05, 0) is 35.1 Å². The maximum atomic E-state index is 11.2. The van der Waals surface area contributed by atoms with E-state index in [0.29, 0.717) is 24.5 Å². The van der Waals surface area contributed by atoms with Gasteiger partial charge < -0.3 is 25.2 Å². The minimum absolute atomic E-state index is 0.0359. The molecular weight excluding hydrogens is 377 g/mol. The van der Waals surface area contributed by atoms with E-state index in [1.165, 1.54) is 13.2 Å². The van der Waals surface area contributed by atoms with Crippen LogP contribution in [0.15, 0.2) is 12.3 Å². The molecule has 1 aromatic heterocycles. The van der Waals surface area contributed by atoms with Gasteiger partial charge in [-0.1, -0.05) is 0 Å². The van der Waals surface area contributed by atoms with Crippen molar-refractivity contribution < 1.29 is 19.7 Å². The molecule has 0 unspecified atom stereocenters. The summed E-state index contributed by atoms with van der Waals surface area (Å²) >= 11 is 2.05. The average molecular weight is 393 g/mol. The van der Waals surface area contributed by atoms with E-state index in [9.17, 15) is 15.0 Å². The fourth-order valence-electron chi connectivity index (χ4n) is 2.14. The van der Waals surface area contributed by atoms with Crippen LogP contribution in [0.5, 0.6) is 5.75 Å². The molecule has 0 spiro atoms. The Morgan fingerprint density at radius 1 is 1.70 bits per heavy atom. The molecule has 110 valence electrons. The highest BCUT2D eigenvalue weighted by Gasteiger charge is 2.31. The predicted molar refractivity (Wildman–Crippen MR) is 80.9 cm³/mol. The number of rotatable bonds is 3. The van der Waals surface area contributed by atoms with Crippen LogP contribution in [0.4, 0.5) is 10.6 Å². The molecule has 8 heteroatoms. The minimum atomic E-state index is -0.553. The lowest BCUT2D eigenvalue weighted by Crippen LogP contribution is -2.33. The van der Waals surface area contributed by atoms with Crippen molar-refractivity contribution in [3.05, 3.63) is 15.8 Å². The molecule has 3 N–H and O–H groups in total. The number of pyridine rings is 1. The second kappa shape index (κ2) is 6.55. The molecule has 0 aliphatic carbocycles. The Morgan fingerprint density at radius 2 is 2.45 bits per heavy atom. The van der Waals surface area contributed by atoms with Gasteiger partial charge in [-0.15, -0.1) is 0 Å². The largest absolute Gasteiger partial charge is 0.412 e. The van der Waals surface area contributed by atoms with Crippen molar-refractivity contribution in [1.82, 2.24) is 10.3 Å². The fourth-order valence-corrected chi connectivity index (χ4v) is 2.66. The molecule has 1 amide bonds. The van der Waals surface area contributed by atoms with Gasteiger partial charge >= 0.3 is 6.09 Å². The van der Waals surface area contributed by atoms with Gasteiger partial charge in [0.1, 0.15) is 5.82 Å². The van der Waals surface area contributed by atoms with Gasteiger partial charge in [-0.25, -0.2) is 9.78 Å². The Labute approximate surface area is 130 Å². The Bertz CT molecular complexity index is 500. The maximum Gasteiger partial charge on any atom is 0.412 e. The van der Waals surface area contributed by atoms with Gasteiger partial charge in [0, 0.05) is 13.6 Å². The number of anilines is 1. The summed E-state index contributed by atoms with van der Waals surface area (Å²) in [5.41, 5.74) is 0. The Morgan fingerprint density at radius 3 is 3.05 bits per heavy atom. The summed E-state index contributed by atoms with van der Waals surface area (Å²) in [6, 6.07) is 1.62. The zero-order valence-electron chi connectivity index (χ0n) is 10.9. The van der Waals surface area contributed by atoms with E-state index in [2.05, 4.69) is 10.3 Å². The van der Waals surface area contributed by atoms with Crippen LogP contribution < -0.4 is 15.0 Å². The molecule has 2 heterocycles. The van der Waals surface area contributed by atoms with Gasteiger partial charge in [0.15, 0.2) is 5.75 Å². The summed E-state index contributed by atoms with van der Waals surface area (Å²) in [6.45, 7) is 0.399. The molecule has 1 saturated heterocycles. The number of nitrogens with one attached hydrogen (secondary N) is 1. The summed E-state index contributed by atoms with van der Waals surface area (Å²) < 4.78 is 5.78. The number of amides is 1. The third-order valence-corrected chi connectivity index (χ3v) is 3.95. The Balaban J connectivity index is 2.18. The van der Waals surface area contributed by atoms with Gasteiger partial charge in [-0.2, -0.15) is 0 Å². The molecule has 0 bridgehead atoms. The van der Waals surface area contributed by atoms with E-state index in [1.807, 2.05) is 27.5 Å². The number of nitrogens with zero attached hydrogens (tertiary/aromatic N) is 2. The third kappa shape index (κ3) is 3.30. The number of carbonyl (C=O) groups is 1.